The molecule has 3 N–H and O–H groups in total. The van der Waals surface area contributed by atoms with Gasteiger partial charge in [-0.2, -0.15) is 0 Å². The highest BCUT2D eigenvalue weighted by Gasteiger charge is 2.46. The molecular weight excluding hydrogens is 422 g/mol. The molecule has 0 aliphatic carbocycles. The molecule has 2 rings (SSSR count). The molecule has 8 nitrogen and oxygen atoms in total. The van der Waals surface area contributed by atoms with Crippen LogP contribution in [0.3, 0.4) is 0 Å². The van der Waals surface area contributed by atoms with Crippen LogP contribution in [-0.2, 0) is 24.0 Å². The van der Waals surface area contributed by atoms with Gasteiger partial charge in [0.1, 0.15) is 5.92 Å². The highest BCUT2D eigenvalue weighted by molar-refractivity contribution is 6.16. The van der Waals surface area contributed by atoms with E-state index in [4.69, 9.17) is 0 Å². The standard InChI is InChI=1S/C25H31N3O5/c1-5-6-8-13-19(29)26-18(17-11-9-7-10-12-17)14-20(30)27-22(15(2)3)23(31)21-16(4)24(32)28-25(21)33/h5-13,15-16,18,21-22H,14H2,1-4H3,(H,26,29)(H,27,30)(H,28,32,33)/b6-5+,13-8-/t16-,18+,21-,22?/m0/s1. The number of Topliss-reactive ketones (excluding diaryl/α,β-unsaturated/α-hetero) is 1. The van der Waals surface area contributed by atoms with Crippen molar-refractivity contribution in [1.82, 2.24) is 16.0 Å². The van der Waals surface area contributed by atoms with Crippen LogP contribution in [0.1, 0.15) is 45.7 Å². The molecule has 1 fully saturated rings. The van der Waals surface area contributed by atoms with E-state index in [1.54, 1.807) is 56.3 Å². The second-order valence-corrected chi connectivity index (χ2v) is 8.37. The number of benzene rings is 1. The molecule has 1 heterocycles. The van der Waals surface area contributed by atoms with Crippen LogP contribution < -0.4 is 16.0 Å². The van der Waals surface area contributed by atoms with Gasteiger partial charge in [0.2, 0.25) is 23.6 Å². The lowest BCUT2D eigenvalue weighted by atomic mass is 9.85. The van der Waals surface area contributed by atoms with Gasteiger partial charge in [-0.25, -0.2) is 0 Å². The van der Waals surface area contributed by atoms with E-state index in [9.17, 15) is 24.0 Å². The van der Waals surface area contributed by atoms with E-state index >= 15 is 0 Å². The first kappa shape index (κ1) is 25.7. The maximum Gasteiger partial charge on any atom is 0.244 e. The Labute approximate surface area is 193 Å². The molecule has 0 saturated carbocycles. The van der Waals surface area contributed by atoms with Crippen LogP contribution in [0.15, 0.2) is 54.6 Å². The summed E-state index contributed by atoms with van der Waals surface area (Å²) in [6.07, 6.45) is 6.36. The zero-order valence-corrected chi connectivity index (χ0v) is 19.3. The van der Waals surface area contributed by atoms with Gasteiger partial charge in [0.15, 0.2) is 5.78 Å². The van der Waals surface area contributed by atoms with Gasteiger partial charge < -0.3 is 10.6 Å². The normalized spacial score (nSPS) is 20.2. The lowest BCUT2D eigenvalue weighted by Crippen LogP contribution is -2.49. The van der Waals surface area contributed by atoms with Crippen LogP contribution in [0, 0.1) is 17.8 Å². The topological polar surface area (TPSA) is 121 Å². The van der Waals surface area contributed by atoms with E-state index in [1.165, 1.54) is 13.0 Å². The van der Waals surface area contributed by atoms with E-state index in [1.807, 2.05) is 13.0 Å². The molecule has 4 atom stereocenters. The monoisotopic (exact) mass is 453 g/mol. The van der Waals surface area contributed by atoms with Crippen LogP contribution in [-0.4, -0.2) is 35.5 Å². The summed E-state index contributed by atoms with van der Waals surface area (Å²) in [5.41, 5.74) is 0.738. The molecule has 33 heavy (non-hydrogen) atoms. The SMILES string of the molecule is C/C=C/C=C\C(=O)N[C@H](CC(=O)NC(C(=O)[C@H]1C(=O)NC(=O)[C@H]1C)C(C)C)c1ccccc1. The van der Waals surface area contributed by atoms with Gasteiger partial charge in [-0.3, -0.25) is 29.3 Å². The summed E-state index contributed by atoms with van der Waals surface area (Å²) in [5.74, 6) is -4.67. The quantitative estimate of drug-likeness (QED) is 0.216. The number of hydrogen-bond acceptors (Lipinski definition) is 5. The molecule has 1 unspecified atom stereocenters. The summed E-state index contributed by atoms with van der Waals surface area (Å²) >= 11 is 0. The van der Waals surface area contributed by atoms with Crippen LogP contribution in [0.5, 0.6) is 0 Å². The zero-order valence-electron chi connectivity index (χ0n) is 19.3. The Morgan fingerprint density at radius 2 is 1.70 bits per heavy atom. The number of carbonyl (C=O) groups excluding carboxylic acids is 5. The molecule has 0 radical (unpaired) electrons. The summed E-state index contributed by atoms with van der Waals surface area (Å²) in [6, 6.07) is 7.48. The van der Waals surface area contributed by atoms with Gasteiger partial charge in [-0.05, 0) is 18.4 Å². The molecule has 176 valence electrons. The maximum atomic E-state index is 13.1. The first-order valence-electron chi connectivity index (χ1n) is 11.0. The first-order valence-corrected chi connectivity index (χ1v) is 11.0. The molecule has 0 bridgehead atoms. The average molecular weight is 454 g/mol. The van der Waals surface area contributed by atoms with E-state index in [0.29, 0.717) is 0 Å². The summed E-state index contributed by atoms with van der Waals surface area (Å²) in [5, 5.41) is 7.70. The second kappa shape index (κ2) is 11.9. The predicted octanol–water partition coefficient (Wildman–Crippen LogP) is 1.98. The van der Waals surface area contributed by atoms with Crippen molar-refractivity contribution < 1.29 is 24.0 Å². The Kier molecular flexibility index (Phi) is 9.27. The van der Waals surface area contributed by atoms with Gasteiger partial charge >= 0.3 is 0 Å². The van der Waals surface area contributed by atoms with Crippen molar-refractivity contribution in [2.75, 3.05) is 0 Å². The molecule has 0 aromatic heterocycles. The highest BCUT2D eigenvalue weighted by Crippen LogP contribution is 2.24. The molecular formula is C25H31N3O5. The smallest absolute Gasteiger partial charge is 0.244 e. The Balaban J connectivity index is 2.16. The Morgan fingerprint density at radius 3 is 2.24 bits per heavy atom. The van der Waals surface area contributed by atoms with Crippen molar-refractivity contribution >= 4 is 29.4 Å². The van der Waals surface area contributed by atoms with Crippen LogP contribution in [0.4, 0.5) is 0 Å². The van der Waals surface area contributed by atoms with Crippen molar-refractivity contribution in [2.45, 2.75) is 46.2 Å². The van der Waals surface area contributed by atoms with E-state index in [-0.39, 0.29) is 18.2 Å². The number of imide groups is 1. The van der Waals surface area contributed by atoms with Gasteiger partial charge in [-0.1, -0.05) is 69.3 Å². The Bertz CT molecular complexity index is 952. The predicted molar refractivity (Wildman–Crippen MR) is 123 cm³/mol. The molecule has 8 heteroatoms. The summed E-state index contributed by atoms with van der Waals surface area (Å²) in [7, 11) is 0. The third kappa shape index (κ3) is 6.97. The van der Waals surface area contributed by atoms with E-state index in [2.05, 4.69) is 16.0 Å². The molecule has 1 aromatic rings. The Hall–Kier alpha value is -3.55. The van der Waals surface area contributed by atoms with Crippen molar-refractivity contribution in [1.29, 1.82) is 0 Å². The van der Waals surface area contributed by atoms with Gasteiger partial charge in [0.05, 0.1) is 24.4 Å². The minimum atomic E-state index is -1.13. The largest absolute Gasteiger partial charge is 0.346 e. The summed E-state index contributed by atoms with van der Waals surface area (Å²) < 4.78 is 0. The molecule has 1 saturated heterocycles. The lowest BCUT2D eigenvalue weighted by Gasteiger charge is -2.25. The van der Waals surface area contributed by atoms with E-state index in [0.717, 1.165) is 5.56 Å². The zero-order chi connectivity index (χ0) is 24.5. The van der Waals surface area contributed by atoms with Crippen molar-refractivity contribution in [2.24, 2.45) is 17.8 Å². The van der Waals surface area contributed by atoms with Gasteiger partial charge in [0, 0.05) is 6.08 Å². The Morgan fingerprint density at radius 1 is 1.03 bits per heavy atom. The minimum Gasteiger partial charge on any atom is -0.346 e. The third-order valence-corrected chi connectivity index (χ3v) is 5.50. The van der Waals surface area contributed by atoms with Crippen molar-refractivity contribution in [3.05, 3.63) is 60.2 Å². The number of rotatable bonds is 10. The highest BCUT2D eigenvalue weighted by atomic mass is 16.2. The first-order chi connectivity index (χ1) is 15.6. The number of hydrogen-bond donors (Lipinski definition) is 3. The molecule has 1 aliphatic rings. The minimum absolute atomic E-state index is 0.102. The number of allylic oxidation sites excluding steroid dienone is 3. The maximum absolute atomic E-state index is 13.1. The number of carbonyl (C=O) groups is 5. The number of amides is 4. The molecule has 1 aliphatic heterocycles. The molecule has 4 amide bonds. The molecule has 0 spiro atoms. The van der Waals surface area contributed by atoms with Crippen LogP contribution in [0.25, 0.3) is 0 Å². The van der Waals surface area contributed by atoms with Gasteiger partial charge in [-0.15, -0.1) is 0 Å². The summed E-state index contributed by atoms with van der Waals surface area (Å²) in [4.78, 5) is 62.2. The number of nitrogens with one attached hydrogen (secondary N) is 3. The average Bonchev–Trinajstić information content (AvgIpc) is 3.03. The van der Waals surface area contributed by atoms with Crippen molar-refractivity contribution in [3.8, 4) is 0 Å². The fourth-order valence-corrected chi connectivity index (χ4v) is 3.66. The fraction of sp³-hybridized carbons (Fsp3) is 0.400. The number of ketones is 1. The second-order valence-electron chi connectivity index (χ2n) is 8.37. The lowest BCUT2D eigenvalue weighted by molar-refractivity contribution is -0.137. The van der Waals surface area contributed by atoms with Crippen LogP contribution in [0.2, 0.25) is 0 Å². The van der Waals surface area contributed by atoms with Crippen molar-refractivity contribution in [3.63, 3.8) is 0 Å². The molecule has 1 aromatic carbocycles. The van der Waals surface area contributed by atoms with Gasteiger partial charge in [0.25, 0.3) is 0 Å². The van der Waals surface area contributed by atoms with Crippen LogP contribution >= 0.6 is 0 Å². The van der Waals surface area contributed by atoms with E-state index < -0.39 is 47.4 Å². The fourth-order valence-electron chi connectivity index (χ4n) is 3.66. The third-order valence-electron chi connectivity index (χ3n) is 5.50. The summed E-state index contributed by atoms with van der Waals surface area (Å²) in [6.45, 7) is 6.86.